The van der Waals surface area contributed by atoms with Crippen molar-refractivity contribution >= 4 is 32.7 Å². The number of aromatic nitrogens is 2. The van der Waals surface area contributed by atoms with Crippen molar-refractivity contribution in [2.45, 2.75) is 30.3 Å². The summed E-state index contributed by atoms with van der Waals surface area (Å²) in [5.74, 6) is -3.58. The Bertz CT molecular complexity index is 1840. The Balaban J connectivity index is 0.000000566. The van der Waals surface area contributed by atoms with E-state index in [0.717, 1.165) is 54.1 Å². The number of hydrogen-bond acceptors (Lipinski definition) is 5. The van der Waals surface area contributed by atoms with Gasteiger partial charge in [0.05, 0.1) is 21.6 Å². The van der Waals surface area contributed by atoms with Crippen LogP contribution in [-0.4, -0.2) is 35.6 Å². The number of alkyl halides is 5. The van der Waals surface area contributed by atoms with Crippen molar-refractivity contribution in [1.82, 2.24) is 9.97 Å². The summed E-state index contributed by atoms with van der Waals surface area (Å²) in [4.78, 5) is 16.6. The number of aliphatic carboxylic acids is 1. The number of nitrogens with one attached hydrogen (secondary N) is 2. The number of ether oxygens (including phenoxy) is 1. The minimum Gasteiger partial charge on any atom is -0.475 e. The number of carbonyl (C=O) groups is 1. The highest BCUT2D eigenvalue weighted by atomic mass is 32.2. The fourth-order valence-corrected chi connectivity index (χ4v) is 4.89. The topological polar surface area (TPSA) is 121 Å². The lowest BCUT2D eigenvalue weighted by molar-refractivity contribution is -0.192. The Morgan fingerprint density at radius 2 is 1.48 bits per heavy atom. The third kappa shape index (κ3) is 8.53. The number of imidazole rings is 1. The second-order valence-corrected chi connectivity index (χ2v) is 11.2. The second-order valence-electron chi connectivity index (χ2n) is 9.47. The number of nitrogens with zero attached hydrogens (tertiary/aromatic N) is 1. The Morgan fingerprint density at radius 3 is 2.05 bits per heavy atom. The van der Waals surface area contributed by atoms with Crippen LogP contribution in [0.5, 0.6) is 11.5 Å². The van der Waals surface area contributed by atoms with E-state index < -0.39 is 28.1 Å². The summed E-state index contributed by atoms with van der Waals surface area (Å²) in [7, 11) is -3.95. The molecular formula is C30H24F5N3O5S. The molecule has 3 N–H and O–H groups in total. The molecule has 1 aromatic heterocycles. The van der Waals surface area contributed by atoms with E-state index in [1.807, 2.05) is 54.6 Å². The maximum Gasteiger partial charge on any atom is 0.490 e. The number of rotatable bonds is 8. The van der Waals surface area contributed by atoms with Crippen LogP contribution in [0.3, 0.4) is 0 Å². The van der Waals surface area contributed by atoms with Crippen molar-refractivity contribution in [1.29, 1.82) is 0 Å². The van der Waals surface area contributed by atoms with Crippen LogP contribution in [-0.2, 0) is 27.2 Å². The van der Waals surface area contributed by atoms with Crippen LogP contribution in [0.15, 0.2) is 102 Å². The SMILES string of the molecule is CC(F)(F)c1ccc(S(=O)(=O)Nc2ccc3nc(Cc4ccc(Oc5ccccc5)cc4)[nH]c3c2)cc1.O=C(O)C(F)(F)F. The molecule has 1 heterocycles. The number of anilines is 1. The van der Waals surface area contributed by atoms with Gasteiger partial charge in [-0.3, -0.25) is 4.72 Å². The summed E-state index contributed by atoms with van der Waals surface area (Å²) in [6, 6.07) is 26.8. The number of hydrogen-bond donors (Lipinski definition) is 3. The zero-order valence-electron chi connectivity index (χ0n) is 22.8. The summed E-state index contributed by atoms with van der Waals surface area (Å²) in [6.07, 6.45) is -4.53. The molecule has 0 radical (unpaired) electrons. The Labute approximate surface area is 248 Å². The molecule has 8 nitrogen and oxygen atoms in total. The molecule has 0 bridgehead atoms. The highest BCUT2D eigenvalue weighted by Gasteiger charge is 2.38. The quantitative estimate of drug-likeness (QED) is 0.152. The number of carboxylic acids is 1. The summed E-state index contributed by atoms with van der Waals surface area (Å²) in [5, 5.41) is 7.12. The zero-order chi connectivity index (χ0) is 32.1. The van der Waals surface area contributed by atoms with Gasteiger partial charge in [0.25, 0.3) is 15.9 Å². The van der Waals surface area contributed by atoms with Crippen LogP contribution < -0.4 is 9.46 Å². The van der Waals surface area contributed by atoms with Gasteiger partial charge >= 0.3 is 12.1 Å². The van der Waals surface area contributed by atoms with Gasteiger partial charge in [-0.15, -0.1) is 0 Å². The second kappa shape index (κ2) is 12.7. The van der Waals surface area contributed by atoms with Crippen LogP contribution in [0, 0.1) is 0 Å². The maximum absolute atomic E-state index is 13.4. The molecule has 0 saturated heterocycles. The molecule has 0 aliphatic heterocycles. The summed E-state index contributed by atoms with van der Waals surface area (Å²) in [5.41, 5.74) is 2.46. The van der Waals surface area contributed by atoms with Gasteiger partial charge in [0.15, 0.2) is 0 Å². The van der Waals surface area contributed by atoms with Crippen LogP contribution in [0.4, 0.5) is 27.6 Å². The molecule has 44 heavy (non-hydrogen) atoms. The average Bonchev–Trinajstić information content (AvgIpc) is 3.35. The molecule has 230 valence electrons. The van der Waals surface area contributed by atoms with Gasteiger partial charge in [-0.25, -0.2) is 27.0 Å². The number of benzene rings is 4. The first-order valence-electron chi connectivity index (χ1n) is 12.7. The van der Waals surface area contributed by atoms with Crippen LogP contribution in [0.1, 0.15) is 23.9 Å². The number of H-pyrrole nitrogens is 1. The smallest absolute Gasteiger partial charge is 0.475 e. The number of aromatic amines is 1. The molecule has 5 aromatic rings. The third-order valence-corrected chi connectivity index (χ3v) is 7.37. The van der Waals surface area contributed by atoms with E-state index >= 15 is 0 Å². The molecule has 14 heteroatoms. The Hall–Kier alpha value is -4.98. The molecule has 4 aromatic carbocycles. The fraction of sp³-hybridized carbons (Fsp3) is 0.133. The molecule has 0 unspecified atom stereocenters. The molecule has 0 fully saturated rings. The third-order valence-electron chi connectivity index (χ3n) is 5.97. The molecular weight excluding hydrogens is 609 g/mol. The maximum atomic E-state index is 13.4. The highest BCUT2D eigenvalue weighted by Crippen LogP contribution is 2.28. The first-order valence-corrected chi connectivity index (χ1v) is 14.2. The fourth-order valence-electron chi connectivity index (χ4n) is 3.84. The largest absolute Gasteiger partial charge is 0.490 e. The predicted molar refractivity (Wildman–Crippen MR) is 152 cm³/mol. The van der Waals surface area contributed by atoms with Gasteiger partial charge in [0.1, 0.15) is 17.3 Å². The standard InChI is InChI=1S/C28H23F2N3O3S.C2HF3O2/c1-28(29,30)20-9-14-24(15-10-20)37(34,35)33-21-11-16-25-26(18-21)32-27(31-25)17-19-7-12-23(13-8-19)36-22-5-3-2-4-6-22;3-2(4,5)1(6)7/h2-16,18,33H,17H2,1H3,(H,31,32);(H,6,7). The summed E-state index contributed by atoms with van der Waals surface area (Å²) >= 11 is 0. The number of fused-ring (bicyclic) bond motifs is 1. The molecule has 0 atom stereocenters. The molecule has 0 aliphatic rings. The monoisotopic (exact) mass is 633 g/mol. The van der Waals surface area contributed by atoms with Crippen LogP contribution in [0.25, 0.3) is 11.0 Å². The van der Waals surface area contributed by atoms with Crippen LogP contribution >= 0.6 is 0 Å². The van der Waals surface area contributed by atoms with E-state index in [9.17, 15) is 30.4 Å². The highest BCUT2D eigenvalue weighted by molar-refractivity contribution is 7.92. The number of para-hydroxylation sites is 1. The van der Waals surface area contributed by atoms with Crippen molar-refractivity contribution in [2.24, 2.45) is 0 Å². The lowest BCUT2D eigenvalue weighted by Gasteiger charge is -2.12. The van der Waals surface area contributed by atoms with Gasteiger partial charge in [-0.1, -0.05) is 42.5 Å². The zero-order valence-corrected chi connectivity index (χ0v) is 23.6. The Kier molecular flexibility index (Phi) is 9.23. The molecule has 0 saturated carbocycles. The van der Waals surface area contributed by atoms with Crippen molar-refractivity contribution in [3.63, 3.8) is 0 Å². The molecule has 0 spiro atoms. The first kappa shape index (κ1) is 31.9. The van der Waals surface area contributed by atoms with Gasteiger partial charge in [-0.05, 0) is 60.2 Å². The van der Waals surface area contributed by atoms with Crippen molar-refractivity contribution in [2.75, 3.05) is 4.72 Å². The van der Waals surface area contributed by atoms with Gasteiger partial charge in [-0.2, -0.15) is 13.2 Å². The molecule has 5 rings (SSSR count). The van der Waals surface area contributed by atoms with Gasteiger partial charge in [0.2, 0.25) is 0 Å². The van der Waals surface area contributed by atoms with E-state index in [1.165, 1.54) is 0 Å². The van der Waals surface area contributed by atoms with E-state index in [4.69, 9.17) is 14.6 Å². The Morgan fingerprint density at radius 1 is 0.886 bits per heavy atom. The minimum atomic E-state index is -5.08. The van der Waals surface area contributed by atoms with Gasteiger partial charge in [0, 0.05) is 18.9 Å². The van der Waals surface area contributed by atoms with Crippen molar-refractivity contribution < 1.29 is 45.0 Å². The van der Waals surface area contributed by atoms with E-state index in [2.05, 4.69) is 14.7 Å². The normalized spacial score (nSPS) is 11.9. The first-order chi connectivity index (χ1) is 20.6. The number of sulfonamides is 1. The lowest BCUT2D eigenvalue weighted by Crippen LogP contribution is -2.21. The van der Waals surface area contributed by atoms with Gasteiger partial charge < -0.3 is 14.8 Å². The van der Waals surface area contributed by atoms with E-state index in [-0.39, 0.29) is 10.5 Å². The van der Waals surface area contributed by atoms with Crippen molar-refractivity contribution in [3.8, 4) is 11.5 Å². The van der Waals surface area contributed by atoms with E-state index in [1.54, 1.807) is 18.2 Å². The summed E-state index contributed by atoms with van der Waals surface area (Å²) in [6.45, 7) is 0.762. The number of carboxylic acid groups (broad SMARTS) is 1. The van der Waals surface area contributed by atoms with E-state index in [0.29, 0.717) is 23.1 Å². The number of halogens is 5. The molecule has 0 amide bonds. The predicted octanol–water partition coefficient (Wildman–Crippen LogP) is 7.49. The minimum absolute atomic E-state index is 0.106. The lowest BCUT2D eigenvalue weighted by atomic mass is 10.1. The van der Waals surface area contributed by atoms with Crippen LogP contribution in [0.2, 0.25) is 0 Å². The average molecular weight is 634 g/mol. The van der Waals surface area contributed by atoms with Crippen molar-refractivity contribution in [3.05, 3.63) is 114 Å². The summed E-state index contributed by atoms with van der Waals surface area (Å²) < 4.78 is 92.4. The molecule has 0 aliphatic carbocycles.